The van der Waals surface area contributed by atoms with Crippen LogP contribution < -0.4 is 4.31 Å². The summed E-state index contributed by atoms with van der Waals surface area (Å²) in [6.07, 6.45) is 9.29. The summed E-state index contributed by atoms with van der Waals surface area (Å²) in [5.41, 5.74) is 2.26. The van der Waals surface area contributed by atoms with Crippen LogP contribution in [-0.4, -0.2) is 69.6 Å². The van der Waals surface area contributed by atoms with Gasteiger partial charge in [0.25, 0.3) is 0 Å². The van der Waals surface area contributed by atoms with E-state index in [1.165, 1.54) is 54.6 Å². The lowest BCUT2D eigenvalue weighted by Crippen LogP contribution is -2.51. The van der Waals surface area contributed by atoms with E-state index >= 15 is 0 Å². The predicted molar refractivity (Wildman–Crippen MR) is 127 cm³/mol. The van der Waals surface area contributed by atoms with Crippen LogP contribution in [0.15, 0.2) is 24.3 Å². The van der Waals surface area contributed by atoms with E-state index in [4.69, 9.17) is 0 Å². The second-order valence-electron chi connectivity index (χ2n) is 10.8. The molecular weight excluding hydrogens is 422 g/mol. The molecule has 0 spiro atoms. The Kier molecular flexibility index (Phi) is 5.77. The van der Waals surface area contributed by atoms with E-state index in [0.29, 0.717) is 18.8 Å². The first-order chi connectivity index (χ1) is 15.3. The van der Waals surface area contributed by atoms with Crippen LogP contribution in [-0.2, 0) is 20.2 Å². The van der Waals surface area contributed by atoms with E-state index in [9.17, 15) is 13.2 Å². The van der Waals surface area contributed by atoms with Gasteiger partial charge in [-0.25, -0.2) is 8.42 Å². The van der Waals surface area contributed by atoms with Gasteiger partial charge < -0.3 is 9.80 Å². The van der Waals surface area contributed by atoms with Crippen LogP contribution in [0.1, 0.15) is 51.0 Å². The quantitative estimate of drug-likeness (QED) is 0.656. The minimum Gasteiger partial charge on any atom is -0.339 e. The molecule has 0 atom stereocenters. The van der Waals surface area contributed by atoms with E-state index in [1.807, 2.05) is 12.1 Å². The molecule has 1 saturated heterocycles. The molecule has 0 aromatic heterocycles. The summed E-state index contributed by atoms with van der Waals surface area (Å²) < 4.78 is 26.5. The standard InChI is InChI=1S/C25H37N3O3S/c1-3-26-8-10-27(11-9-26)24(29)18-28(32(2,30)31)23-6-4-22(5-7-23)25-15-19-12-20(16-25)14-21(13-19)17-25/h4-7,19-21H,3,8-18H2,1-2H3. The summed E-state index contributed by atoms with van der Waals surface area (Å²) in [7, 11) is -3.55. The van der Waals surface area contributed by atoms with Gasteiger partial charge in [0.15, 0.2) is 0 Å². The maximum Gasteiger partial charge on any atom is 0.243 e. The van der Waals surface area contributed by atoms with Gasteiger partial charge in [0.1, 0.15) is 6.54 Å². The van der Waals surface area contributed by atoms with Gasteiger partial charge in [-0.05, 0) is 85.9 Å². The number of carbonyl (C=O) groups is 1. The first-order valence-corrected chi connectivity index (χ1v) is 14.2. The Morgan fingerprint density at radius 3 is 1.97 bits per heavy atom. The Balaban J connectivity index is 1.32. The van der Waals surface area contributed by atoms with Crippen molar-refractivity contribution in [2.75, 3.05) is 49.8 Å². The molecule has 1 heterocycles. The topological polar surface area (TPSA) is 60.9 Å². The van der Waals surface area contributed by atoms with Crippen LogP contribution in [0, 0.1) is 17.8 Å². The molecule has 5 aliphatic rings. The summed E-state index contributed by atoms with van der Waals surface area (Å²) in [4.78, 5) is 17.0. The molecule has 5 fully saturated rings. The van der Waals surface area contributed by atoms with Crippen LogP contribution in [0.3, 0.4) is 0 Å². The number of hydrogen-bond acceptors (Lipinski definition) is 4. The predicted octanol–water partition coefficient (Wildman–Crippen LogP) is 3.08. The van der Waals surface area contributed by atoms with Gasteiger partial charge in [0.2, 0.25) is 15.9 Å². The third-order valence-electron chi connectivity index (χ3n) is 8.66. The Morgan fingerprint density at radius 2 is 1.50 bits per heavy atom. The lowest BCUT2D eigenvalue weighted by molar-refractivity contribution is -0.131. The molecule has 0 unspecified atom stereocenters. The number of piperazine rings is 1. The van der Waals surface area contributed by atoms with Crippen molar-refractivity contribution in [2.24, 2.45) is 17.8 Å². The second kappa shape index (κ2) is 8.32. The molecule has 7 heteroatoms. The molecule has 1 aliphatic heterocycles. The van der Waals surface area contributed by atoms with E-state index in [1.54, 1.807) is 4.90 Å². The van der Waals surface area contributed by atoms with Crippen LogP contribution >= 0.6 is 0 Å². The highest BCUT2D eigenvalue weighted by Crippen LogP contribution is 2.60. The number of sulfonamides is 1. The Labute approximate surface area is 193 Å². The molecule has 176 valence electrons. The zero-order chi connectivity index (χ0) is 22.5. The Hall–Kier alpha value is -1.60. The van der Waals surface area contributed by atoms with Crippen molar-refractivity contribution in [1.29, 1.82) is 0 Å². The zero-order valence-corrected chi connectivity index (χ0v) is 20.3. The summed E-state index contributed by atoms with van der Waals surface area (Å²) in [6, 6.07) is 8.14. The molecule has 0 radical (unpaired) electrons. The molecule has 4 bridgehead atoms. The highest BCUT2D eigenvalue weighted by molar-refractivity contribution is 7.92. The number of likely N-dealkylation sites (N-methyl/N-ethyl adjacent to an activating group) is 1. The van der Waals surface area contributed by atoms with Crippen molar-refractivity contribution in [3.63, 3.8) is 0 Å². The third kappa shape index (κ3) is 4.18. The highest BCUT2D eigenvalue weighted by Gasteiger charge is 2.51. The second-order valence-corrected chi connectivity index (χ2v) is 12.7. The number of rotatable bonds is 6. The fourth-order valence-electron chi connectivity index (χ4n) is 7.38. The molecular formula is C25H37N3O3S. The minimum absolute atomic E-state index is 0.115. The average Bonchev–Trinajstić information content (AvgIpc) is 2.76. The summed E-state index contributed by atoms with van der Waals surface area (Å²) in [5, 5.41) is 0. The molecule has 4 aliphatic carbocycles. The Bertz CT molecular complexity index is 916. The van der Waals surface area contributed by atoms with Gasteiger partial charge in [-0.1, -0.05) is 19.1 Å². The zero-order valence-electron chi connectivity index (χ0n) is 19.5. The number of carbonyl (C=O) groups excluding carboxylic acids is 1. The van der Waals surface area contributed by atoms with Gasteiger partial charge in [-0.15, -0.1) is 0 Å². The first kappa shape index (κ1) is 22.2. The molecule has 1 amide bonds. The molecule has 1 aromatic carbocycles. The van der Waals surface area contributed by atoms with Crippen LogP contribution in [0.4, 0.5) is 5.69 Å². The minimum atomic E-state index is -3.55. The third-order valence-corrected chi connectivity index (χ3v) is 9.80. The van der Waals surface area contributed by atoms with Gasteiger partial charge in [0.05, 0.1) is 11.9 Å². The monoisotopic (exact) mass is 459 g/mol. The van der Waals surface area contributed by atoms with Crippen LogP contribution in [0.25, 0.3) is 0 Å². The smallest absolute Gasteiger partial charge is 0.243 e. The lowest BCUT2D eigenvalue weighted by Gasteiger charge is -2.57. The lowest BCUT2D eigenvalue weighted by atomic mass is 9.48. The maximum atomic E-state index is 12.9. The number of hydrogen-bond donors (Lipinski definition) is 0. The van der Waals surface area contributed by atoms with E-state index in [2.05, 4.69) is 24.0 Å². The molecule has 4 saturated carbocycles. The summed E-state index contributed by atoms with van der Waals surface area (Å²) in [6.45, 7) is 6.00. The normalized spacial score (nSPS) is 32.3. The van der Waals surface area contributed by atoms with Crippen molar-refractivity contribution in [3.05, 3.63) is 29.8 Å². The van der Waals surface area contributed by atoms with Crippen LogP contribution in [0.2, 0.25) is 0 Å². The molecule has 6 nitrogen and oxygen atoms in total. The maximum absolute atomic E-state index is 12.9. The van der Waals surface area contributed by atoms with Crippen molar-refractivity contribution in [3.8, 4) is 0 Å². The van der Waals surface area contributed by atoms with Crippen LogP contribution in [0.5, 0.6) is 0 Å². The molecule has 1 aromatic rings. The van der Waals surface area contributed by atoms with Crippen molar-refractivity contribution < 1.29 is 13.2 Å². The summed E-state index contributed by atoms with van der Waals surface area (Å²) >= 11 is 0. The Morgan fingerprint density at radius 1 is 0.969 bits per heavy atom. The van der Waals surface area contributed by atoms with Gasteiger partial charge in [-0.2, -0.15) is 0 Å². The molecule has 0 N–H and O–H groups in total. The summed E-state index contributed by atoms with van der Waals surface area (Å²) in [5.74, 6) is 2.51. The largest absolute Gasteiger partial charge is 0.339 e. The number of benzene rings is 1. The SMILES string of the molecule is CCN1CCN(C(=O)CN(c2ccc(C34CC5CC(CC(C5)C3)C4)cc2)S(C)(=O)=O)CC1. The van der Waals surface area contributed by atoms with Crippen molar-refractivity contribution >= 4 is 21.6 Å². The molecule has 32 heavy (non-hydrogen) atoms. The van der Waals surface area contributed by atoms with Gasteiger partial charge >= 0.3 is 0 Å². The van der Waals surface area contributed by atoms with Gasteiger partial charge in [0, 0.05) is 26.2 Å². The number of anilines is 1. The fraction of sp³-hybridized carbons (Fsp3) is 0.720. The highest BCUT2D eigenvalue weighted by atomic mass is 32.2. The molecule has 6 rings (SSSR count). The van der Waals surface area contributed by atoms with Gasteiger partial charge in [-0.3, -0.25) is 9.10 Å². The van der Waals surface area contributed by atoms with Crippen molar-refractivity contribution in [2.45, 2.75) is 50.9 Å². The first-order valence-electron chi connectivity index (χ1n) is 12.3. The number of nitrogens with zero attached hydrogens (tertiary/aromatic N) is 3. The fourth-order valence-corrected chi connectivity index (χ4v) is 8.23. The van der Waals surface area contributed by atoms with E-state index < -0.39 is 10.0 Å². The van der Waals surface area contributed by atoms with Crippen molar-refractivity contribution in [1.82, 2.24) is 9.80 Å². The average molecular weight is 460 g/mol. The number of amides is 1. The van der Waals surface area contributed by atoms with E-state index in [0.717, 1.165) is 37.4 Å². The van der Waals surface area contributed by atoms with E-state index in [-0.39, 0.29) is 17.9 Å².